The van der Waals surface area contributed by atoms with E-state index in [1.54, 1.807) is 12.1 Å². The zero-order valence-electron chi connectivity index (χ0n) is 15.9. The summed E-state index contributed by atoms with van der Waals surface area (Å²) in [6.07, 6.45) is 11.2. The van der Waals surface area contributed by atoms with Crippen molar-refractivity contribution in [3.05, 3.63) is 41.4 Å². The summed E-state index contributed by atoms with van der Waals surface area (Å²) in [4.78, 5) is 4.92. The lowest BCUT2D eigenvalue weighted by molar-refractivity contribution is 0.176. The Hall–Kier alpha value is -1.35. The predicted molar refractivity (Wildman–Crippen MR) is 105 cm³/mol. The first-order valence-corrected chi connectivity index (χ1v) is 10.1. The molecular formula is C22H33FN2. The van der Waals surface area contributed by atoms with E-state index in [0.29, 0.717) is 0 Å². The topological polar surface area (TPSA) is 6.48 Å². The molecule has 2 nitrogen and oxygen atoms in total. The number of halogens is 1. The summed E-state index contributed by atoms with van der Waals surface area (Å²) in [5.41, 5.74) is 3.57. The van der Waals surface area contributed by atoms with E-state index in [0.717, 1.165) is 37.5 Å². The van der Waals surface area contributed by atoms with Crippen LogP contribution in [0.1, 0.15) is 57.9 Å². The normalized spacial score (nSPS) is 19.0. The summed E-state index contributed by atoms with van der Waals surface area (Å²) in [7, 11) is 0. The quantitative estimate of drug-likeness (QED) is 0.655. The summed E-state index contributed by atoms with van der Waals surface area (Å²) < 4.78 is 13.7. The first-order chi connectivity index (χ1) is 12.2. The van der Waals surface area contributed by atoms with Crippen LogP contribution in [0, 0.1) is 11.7 Å². The van der Waals surface area contributed by atoms with Gasteiger partial charge in [-0.2, -0.15) is 0 Å². The van der Waals surface area contributed by atoms with E-state index in [1.165, 1.54) is 56.5 Å². The molecule has 0 saturated carbocycles. The molecule has 0 N–H and O–H groups in total. The minimum absolute atomic E-state index is 0.132. The molecule has 0 aliphatic carbocycles. The van der Waals surface area contributed by atoms with Crippen molar-refractivity contribution in [2.75, 3.05) is 31.1 Å². The summed E-state index contributed by atoms with van der Waals surface area (Å²) in [5, 5.41) is 0. The van der Waals surface area contributed by atoms with Gasteiger partial charge in [0.25, 0.3) is 0 Å². The van der Waals surface area contributed by atoms with Crippen LogP contribution in [0.5, 0.6) is 0 Å². The minimum atomic E-state index is -0.132. The van der Waals surface area contributed by atoms with Crippen LogP contribution in [0.2, 0.25) is 0 Å². The molecule has 1 saturated heterocycles. The predicted octanol–water partition coefficient (Wildman–Crippen LogP) is 5.38. The van der Waals surface area contributed by atoms with Crippen molar-refractivity contribution in [3.8, 4) is 0 Å². The molecule has 0 amide bonds. The third-order valence-electron chi connectivity index (χ3n) is 5.91. The van der Waals surface area contributed by atoms with E-state index < -0.39 is 0 Å². The molecule has 1 aromatic carbocycles. The molecule has 138 valence electrons. The second-order valence-electron chi connectivity index (χ2n) is 7.76. The number of benzene rings is 1. The first kappa shape index (κ1) is 18.4. The number of allylic oxidation sites excluding steroid dienone is 2. The standard InChI is InChI=1S/C22H33FN2/c1-3-4-6-19-11-15-24(16-12-19)13-5-14-25-18(2)7-8-20-9-10-21(23)17-22(20)25/h7,9-10,17,19H,3-6,8,11-16H2,1-2H3. The summed E-state index contributed by atoms with van der Waals surface area (Å²) in [5.74, 6) is 0.825. The Morgan fingerprint density at radius 2 is 1.92 bits per heavy atom. The Morgan fingerprint density at radius 1 is 1.12 bits per heavy atom. The molecular weight excluding hydrogens is 311 g/mol. The molecule has 2 aliphatic heterocycles. The monoisotopic (exact) mass is 344 g/mol. The molecule has 25 heavy (non-hydrogen) atoms. The van der Waals surface area contributed by atoms with Crippen molar-refractivity contribution in [2.45, 2.75) is 58.8 Å². The van der Waals surface area contributed by atoms with Crippen molar-refractivity contribution in [1.29, 1.82) is 0 Å². The first-order valence-electron chi connectivity index (χ1n) is 10.1. The van der Waals surface area contributed by atoms with Crippen molar-refractivity contribution in [2.24, 2.45) is 5.92 Å². The van der Waals surface area contributed by atoms with Gasteiger partial charge in [-0.15, -0.1) is 0 Å². The third-order valence-corrected chi connectivity index (χ3v) is 5.91. The Labute approximate surface area is 152 Å². The zero-order chi connectivity index (χ0) is 17.6. The maximum atomic E-state index is 13.7. The van der Waals surface area contributed by atoms with Crippen LogP contribution < -0.4 is 4.90 Å². The van der Waals surface area contributed by atoms with Gasteiger partial charge in [0.05, 0.1) is 0 Å². The number of unbranched alkanes of at least 4 members (excludes halogenated alkanes) is 1. The summed E-state index contributed by atoms with van der Waals surface area (Å²) in [6.45, 7) is 9.09. The lowest BCUT2D eigenvalue weighted by Crippen LogP contribution is -2.36. The van der Waals surface area contributed by atoms with Gasteiger partial charge in [0.2, 0.25) is 0 Å². The number of piperidine rings is 1. The molecule has 0 unspecified atom stereocenters. The fraction of sp³-hybridized carbons (Fsp3) is 0.636. The zero-order valence-corrected chi connectivity index (χ0v) is 15.9. The van der Waals surface area contributed by atoms with Gasteiger partial charge in [-0.1, -0.05) is 38.3 Å². The molecule has 1 fully saturated rings. The Kier molecular flexibility index (Phi) is 6.52. The number of anilines is 1. The Balaban J connectivity index is 1.47. The van der Waals surface area contributed by atoms with Crippen molar-refractivity contribution in [3.63, 3.8) is 0 Å². The maximum Gasteiger partial charge on any atom is 0.125 e. The number of likely N-dealkylation sites (tertiary alicyclic amines) is 1. The van der Waals surface area contributed by atoms with Crippen LogP contribution in [-0.2, 0) is 6.42 Å². The van der Waals surface area contributed by atoms with Crippen molar-refractivity contribution in [1.82, 2.24) is 4.90 Å². The van der Waals surface area contributed by atoms with E-state index in [9.17, 15) is 4.39 Å². The van der Waals surface area contributed by atoms with Crippen LogP contribution in [0.15, 0.2) is 30.0 Å². The highest BCUT2D eigenvalue weighted by Gasteiger charge is 2.20. The Morgan fingerprint density at radius 3 is 2.68 bits per heavy atom. The second-order valence-corrected chi connectivity index (χ2v) is 7.76. The van der Waals surface area contributed by atoms with Crippen LogP contribution in [-0.4, -0.2) is 31.1 Å². The minimum Gasteiger partial charge on any atom is -0.345 e. The van der Waals surface area contributed by atoms with Gasteiger partial charge in [0, 0.05) is 17.9 Å². The van der Waals surface area contributed by atoms with Crippen LogP contribution in [0.4, 0.5) is 10.1 Å². The molecule has 0 radical (unpaired) electrons. The average molecular weight is 345 g/mol. The van der Waals surface area contributed by atoms with Gasteiger partial charge < -0.3 is 9.80 Å². The number of hydrogen-bond acceptors (Lipinski definition) is 2. The molecule has 0 bridgehead atoms. The molecule has 3 heteroatoms. The number of hydrogen-bond donors (Lipinski definition) is 0. The molecule has 0 spiro atoms. The molecule has 0 atom stereocenters. The van der Waals surface area contributed by atoms with E-state index in [2.05, 4.69) is 29.7 Å². The Bertz CT molecular complexity index is 588. The van der Waals surface area contributed by atoms with Gasteiger partial charge in [-0.05, 0) is 75.9 Å². The summed E-state index contributed by atoms with van der Waals surface area (Å²) in [6, 6.07) is 5.21. The van der Waals surface area contributed by atoms with Crippen LogP contribution >= 0.6 is 0 Å². The number of fused-ring (bicyclic) bond motifs is 1. The number of nitrogens with zero attached hydrogens (tertiary/aromatic N) is 2. The van der Waals surface area contributed by atoms with E-state index in [1.807, 2.05) is 6.07 Å². The molecule has 2 aliphatic rings. The lowest BCUT2D eigenvalue weighted by atomic mass is 9.91. The maximum absolute atomic E-state index is 13.7. The van der Waals surface area contributed by atoms with E-state index >= 15 is 0 Å². The second kappa shape index (κ2) is 8.84. The highest BCUT2D eigenvalue weighted by atomic mass is 19.1. The molecule has 0 aromatic heterocycles. The lowest BCUT2D eigenvalue weighted by Gasteiger charge is -2.34. The van der Waals surface area contributed by atoms with Gasteiger partial charge >= 0.3 is 0 Å². The van der Waals surface area contributed by atoms with E-state index in [4.69, 9.17) is 0 Å². The largest absolute Gasteiger partial charge is 0.345 e. The fourth-order valence-corrected chi connectivity index (χ4v) is 4.26. The summed E-state index contributed by atoms with van der Waals surface area (Å²) >= 11 is 0. The van der Waals surface area contributed by atoms with Gasteiger partial charge in [-0.25, -0.2) is 4.39 Å². The average Bonchev–Trinajstić information content (AvgIpc) is 2.63. The molecule has 2 heterocycles. The molecule has 3 rings (SSSR count). The smallest absolute Gasteiger partial charge is 0.125 e. The third kappa shape index (κ3) is 4.84. The van der Waals surface area contributed by atoms with Crippen molar-refractivity contribution >= 4 is 5.69 Å². The van der Waals surface area contributed by atoms with Crippen LogP contribution in [0.3, 0.4) is 0 Å². The van der Waals surface area contributed by atoms with Gasteiger partial charge in [0.15, 0.2) is 0 Å². The highest BCUT2D eigenvalue weighted by molar-refractivity contribution is 5.61. The van der Waals surface area contributed by atoms with Crippen LogP contribution in [0.25, 0.3) is 0 Å². The SMILES string of the molecule is CCCCC1CCN(CCCN2C(C)=CCc3ccc(F)cc32)CC1. The van der Waals surface area contributed by atoms with Gasteiger partial charge in [-0.3, -0.25) is 0 Å². The number of rotatable bonds is 7. The highest BCUT2D eigenvalue weighted by Crippen LogP contribution is 2.30. The molecule has 1 aromatic rings. The van der Waals surface area contributed by atoms with Gasteiger partial charge in [0.1, 0.15) is 5.82 Å². The van der Waals surface area contributed by atoms with E-state index in [-0.39, 0.29) is 5.82 Å². The fourth-order valence-electron chi connectivity index (χ4n) is 4.26. The van der Waals surface area contributed by atoms with Crippen molar-refractivity contribution < 1.29 is 4.39 Å².